The number of methoxy groups -OCH3 is 1. The van der Waals surface area contributed by atoms with Crippen molar-refractivity contribution >= 4 is 23.1 Å². The fourth-order valence-corrected chi connectivity index (χ4v) is 4.22. The van der Waals surface area contributed by atoms with Gasteiger partial charge < -0.3 is 15.4 Å². The van der Waals surface area contributed by atoms with E-state index in [4.69, 9.17) is 4.74 Å². The minimum Gasteiger partial charge on any atom is -0.496 e. The van der Waals surface area contributed by atoms with Gasteiger partial charge in [0.05, 0.1) is 18.5 Å². The van der Waals surface area contributed by atoms with Gasteiger partial charge in [-0.25, -0.2) is 0 Å². The van der Waals surface area contributed by atoms with Crippen LogP contribution in [0.15, 0.2) is 76.5 Å². The number of para-hydroxylation sites is 1. The molecule has 0 spiro atoms. The van der Waals surface area contributed by atoms with Gasteiger partial charge in [-0.3, -0.25) is 0 Å². The Morgan fingerprint density at radius 3 is 2.58 bits per heavy atom. The van der Waals surface area contributed by atoms with Crippen LogP contribution in [0.1, 0.15) is 11.1 Å². The molecule has 0 saturated carbocycles. The second-order valence-corrected chi connectivity index (χ2v) is 7.34. The van der Waals surface area contributed by atoms with Crippen LogP contribution in [-0.2, 0) is 13.0 Å². The van der Waals surface area contributed by atoms with E-state index in [-0.39, 0.29) is 0 Å². The number of hydrogen-bond acceptors (Lipinski definition) is 4. The zero-order valence-electron chi connectivity index (χ0n) is 14.8. The topological polar surface area (TPSA) is 33.3 Å². The van der Waals surface area contributed by atoms with Crippen LogP contribution < -0.4 is 15.4 Å². The molecule has 0 saturated heterocycles. The van der Waals surface area contributed by atoms with Gasteiger partial charge in [-0.2, -0.15) is 0 Å². The van der Waals surface area contributed by atoms with Gasteiger partial charge in [-0.1, -0.05) is 54.2 Å². The van der Waals surface area contributed by atoms with Crippen LogP contribution in [0.4, 0.5) is 11.4 Å². The Morgan fingerprint density at radius 2 is 1.73 bits per heavy atom. The van der Waals surface area contributed by atoms with Crippen molar-refractivity contribution in [3.05, 3.63) is 77.9 Å². The van der Waals surface area contributed by atoms with Gasteiger partial charge in [0, 0.05) is 21.9 Å². The lowest BCUT2D eigenvalue weighted by atomic mass is 10.1. The summed E-state index contributed by atoms with van der Waals surface area (Å²) in [6, 6.07) is 23.2. The van der Waals surface area contributed by atoms with Crippen molar-refractivity contribution in [3.63, 3.8) is 0 Å². The number of ether oxygens (including phenoxy) is 1. The van der Waals surface area contributed by atoms with Gasteiger partial charge in [0.15, 0.2) is 0 Å². The third kappa shape index (κ3) is 3.57. The van der Waals surface area contributed by atoms with Gasteiger partial charge in [-0.05, 0) is 42.8 Å². The molecule has 3 nitrogen and oxygen atoms in total. The van der Waals surface area contributed by atoms with Crippen LogP contribution in [0.5, 0.6) is 5.75 Å². The summed E-state index contributed by atoms with van der Waals surface area (Å²) in [6.45, 7) is 1.70. The summed E-state index contributed by atoms with van der Waals surface area (Å²) in [5.41, 5.74) is 4.84. The molecule has 4 heteroatoms. The number of rotatable bonds is 6. The standard InChI is InChI=1S/C22H22N2OS/c1-25-19-11-12-21-22(24-18-9-5-6-10-20(18)26-21)17(19)15-23-14-13-16-7-3-2-4-8-16/h2-12,23-24H,13-15H2,1H3. The Hall–Kier alpha value is -2.43. The summed E-state index contributed by atoms with van der Waals surface area (Å²) in [7, 11) is 1.74. The van der Waals surface area contributed by atoms with Crippen LogP contribution in [0.25, 0.3) is 0 Å². The lowest BCUT2D eigenvalue weighted by molar-refractivity contribution is 0.408. The maximum Gasteiger partial charge on any atom is 0.125 e. The molecule has 2 N–H and O–H groups in total. The molecule has 0 bridgehead atoms. The third-order valence-corrected chi connectivity index (χ3v) is 5.69. The number of hydrogen-bond donors (Lipinski definition) is 2. The van der Waals surface area contributed by atoms with Gasteiger partial charge in [0.2, 0.25) is 0 Å². The second kappa shape index (κ2) is 7.85. The normalized spacial score (nSPS) is 12.0. The molecule has 1 aliphatic rings. The van der Waals surface area contributed by atoms with Gasteiger partial charge in [0.25, 0.3) is 0 Å². The van der Waals surface area contributed by atoms with Gasteiger partial charge in [0.1, 0.15) is 5.75 Å². The first kappa shape index (κ1) is 17.0. The summed E-state index contributed by atoms with van der Waals surface area (Å²) < 4.78 is 5.63. The predicted octanol–water partition coefficient (Wildman–Crippen LogP) is 5.24. The van der Waals surface area contributed by atoms with E-state index in [1.807, 2.05) is 0 Å². The first-order chi connectivity index (χ1) is 12.8. The highest BCUT2D eigenvalue weighted by atomic mass is 32.2. The molecular weight excluding hydrogens is 340 g/mol. The highest BCUT2D eigenvalue weighted by Crippen LogP contribution is 2.47. The maximum atomic E-state index is 5.63. The Bertz CT molecular complexity index is 896. The van der Waals surface area contributed by atoms with Crippen molar-refractivity contribution in [2.45, 2.75) is 22.8 Å². The zero-order chi connectivity index (χ0) is 17.8. The van der Waals surface area contributed by atoms with Crippen LogP contribution in [-0.4, -0.2) is 13.7 Å². The number of anilines is 2. The summed E-state index contributed by atoms with van der Waals surface area (Å²) in [5.74, 6) is 0.920. The molecule has 132 valence electrons. The second-order valence-electron chi connectivity index (χ2n) is 6.26. The van der Waals surface area contributed by atoms with E-state index in [1.165, 1.54) is 20.9 Å². The Labute approximate surface area is 158 Å². The molecule has 0 unspecified atom stereocenters. The van der Waals surface area contributed by atoms with Gasteiger partial charge in [-0.15, -0.1) is 0 Å². The van der Waals surface area contributed by atoms with Crippen molar-refractivity contribution in [3.8, 4) is 5.75 Å². The summed E-state index contributed by atoms with van der Waals surface area (Å²) in [6.07, 6.45) is 1.02. The van der Waals surface area contributed by atoms with Crippen molar-refractivity contribution in [2.75, 3.05) is 19.0 Å². The number of benzene rings is 3. The molecule has 26 heavy (non-hydrogen) atoms. The quantitative estimate of drug-likeness (QED) is 0.460. The maximum absolute atomic E-state index is 5.63. The van der Waals surface area contributed by atoms with Crippen molar-refractivity contribution in [2.24, 2.45) is 0 Å². The van der Waals surface area contributed by atoms with E-state index >= 15 is 0 Å². The van der Waals surface area contributed by atoms with Crippen molar-refractivity contribution in [1.29, 1.82) is 0 Å². The molecule has 3 aromatic carbocycles. The molecule has 3 aromatic rings. The fraction of sp³-hybridized carbons (Fsp3) is 0.182. The average molecular weight is 362 g/mol. The molecule has 0 radical (unpaired) electrons. The largest absolute Gasteiger partial charge is 0.496 e. The van der Waals surface area contributed by atoms with E-state index in [9.17, 15) is 0 Å². The Balaban J connectivity index is 1.50. The number of nitrogens with one attached hydrogen (secondary N) is 2. The highest BCUT2D eigenvalue weighted by molar-refractivity contribution is 7.99. The third-order valence-electron chi connectivity index (χ3n) is 4.55. The van der Waals surface area contributed by atoms with Gasteiger partial charge >= 0.3 is 0 Å². The zero-order valence-corrected chi connectivity index (χ0v) is 15.6. The Morgan fingerprint density at radius 1 is 0.923 bits per heavy atom. The lowest BCUT2D eigenvalue weighted by Crippen LogP contribution is -2.18. The molecule has 4 rings (SSSR count). The van der Waals surface area contributed by atoms with E-state index in [0.29, 0.717) is 0 Å². The van der Waals surface area contributed by atoms with Crippen LogP contribution in [0, 0.1) is 0 Å². The average Bonchev–Trinajstić information content (AvgIpc) is 2.70. The van der Waals surface area contributed by atoms with E-state index < -0.39 is 0 Å². The minimum absolute atomic E-state index is 0.773. The fourth-order valence-electron chi connectivity index (χ4n) is 3.20. The van der Waals surface area contributed by atoms with Crippen molar-refractivity contribution < 1.29 is 4.74 Å². The van der Waals surface area contributed by atoms with E-state index in [2.05, 4.69) is 77.4 Å². The molecule has 0 amide bonds. The summed E-state index contributed by atoms with van der Waals surface area (Å²) >= 11 is 1.81. The lowest BCUT2D eigenvalue weighted by Gasteiger charge is -2.25. The summed E-state index contributed by atoms with van der Waals surface area (Å²) in [5, 5.41) is 7.17. The molecular formula is C22H22N2OS. The molecule has 0 aromatic heterocycles. The first-order valence-corrected chi connectivity index (χ1v) is 9.65. The van der Waals surface area contributed by atoms with Crippen molar-refractivity contribution in [1.82, 2.24) is 5.32 Å². The van der Waals surface area contributed by atoms with Crippen LogP contribution in [0.2, 0.25) is 0 Å². The molecule has 1 aliphatic heterocycles. The molecule has 0 atom stereocenters. The number of fused-ring (bicyclic) bond motifs is 2. The first-order valence-electron chi connectivity index (χ1n) is 8.83. The molecule has 0 aliphatic carbocycles. The monoisotopic (exact) mass is 362 g/mol. The molecule has 0 fully saturated rings. The smallest absolute Gasteiger partial charge is 0.125 e. The summed E-state index contributed by atoms with van der Waals surface area (Å²) in [4.78, 5) is 2.50. The Kier molecular flexibility index (Phi) is 5.14. The molecule has 1 heterocycles. The predicted molar refractivity (Wildman–Crippen MR) is 109 cm³/mol. The SMILES string of the molecule is COc1ccc2c(c1CNCCc1ccccc1)Nc1ccccc1S2. The van der Waals surface area contributed by atoms with E-state index in [1.54, 1.807) is 18.9 Å². The van der Waals surface area contributed by atoms with Crippen LogP contribution in [0.3, 0.4) is 0 Å². The minimum atomic E-state index is 0.773. The highest BCUT2D eigenvalue weighted by Gasteiger charge is 2.20. The van der Waals surface area contributed by atoms with Crippen LogP contribution >= 0.6 is 11.8 Å². The van der Waals surface area contributed by atoms with E-state index in [0.717, 1.165) is 36.6 Å².